The zero-order chi connectivity index (χ0) is 20.9. The van der Waals surface area contributed by atoms with E-state index in [9.17, 15) is 4.79 Å². The van der Waals surface area contributed by atoms with Gasteiger partial charge in [-0.05, 0) is 76.2 Å². The molecule has 3 fully saturated rings. The fourth-order valence-corrected chi connectivity index (χ4v) is 5.35. The van der Waals surface area contributed by atoms with Crippen LogP contribution in [-0.2, 0) is 0 Å². The Morgan fingerprint density at radius 1 is 1.03 bits per heavy atom. The van der Waals surface area contributed by atoms with Crippen molar-refractivity contribution in [1.82, 2.24) is 14.7 Å². The van der Waals surface area contributed by atoms with Gasteiger partial charge in [-0.3, -0.25) is 9.69 Å². The minimum atomic E-state index is 0.0839. The first-order chi connectivity index (χ1) is 14.6. The SMILES string of the molecule is CCN1CCC[C@@H](N2CCC(Oc3cc(Cl)ccc3C(=O)N3CCCCC3)CC2)C1. The molecular formula is C24H36ClN3O2. The van der Waals surface area contributed by atoms with Crippen LogP contribution in [0.1, 0.15) is 62.2 Å². The third kappa shape index (κ3) is 5.30. The largest absolute Gasteiger partial charge is 0.489 e. The minimum Gasteiger partial charge on any atom is -0.489 e. The smallest absolute Gasteiger partial charge is 0.257 e. The summed E-state index contributed by atoms with van der Waals surface area (Å²) in [6.45, 7) is 9.69. The molecule has 166 valence electrons. The van der Waals surface area contributed by atoms with Gasteiger partial charge >= 0.3 is 0 Å². The first-order valence-electron chi connectivity index (χ1n) is 11.9. The number of carbonyl (C=O) groups excluding carboxylic acids is 1. The Hall–Kier alpha value is -1.30. The highest BCUT2D eigenvalue weighted by atomic mass is 35.5. The average molecular weight is 434 g/mol. The van der Waals surface area contributed by atoms with Crippen LogP contribution in [0.25, 0.3) is 0 Å². The Bertz CT molecular complexity index is 714. The van der Waals surface area contributed by atoms with Crippen LogP contribution in [0, 0.1) is 0 Å². The monoisotopic (exact) mass is 433 g/mol. The van der Waals surface area contributed by atoms with Crippen molar-refractivity contribution in [3.63, 3.8) is 0 Å². The molecule has 3 heterocycles. The molecule has 1 amide bonds. The van der Waals surface area contributed by atoms with Crippen molar-refractivity contribution in [1.29, 1.82) is 0 Å². The van der Waals surface area contributed by atoms with Crippen LogP contribution >= 0.6 is 11.6 Å². The molecule has 5 nitrogen and oxygen atoms in total. The fraction of sp³-hybridized carbons (Fsp3) is 0.708. The molecule has 3 saturated heterocycles. The molecule has 1 aromatic carbocycles. The zero-order valence-corrected chi connectivity index (χ0v) is 19.1. The Morgan fingerprint density at radius 3 is 2.53 bits per heavy atom. The van der Waals surface area contributed by atoms with Gasteiger partial charge in [0.15, 0.2) is 0 Å². The molecule has 0 spiro atoms. The second-order valence-corrected chi connectivity index (χ2v) is 9.47. The van der Waals surface area contributed by atoms with Crippen molar-refractivity contribution in [3.8, 4) is 5.75 Å². The fourth-order valence-electron chi connectivity index (χ4n) is 5.19. The molecule has 0 radical (unpaired) electrons. The number of nitrogens with zero attached hydrogens (tertiary/aromatic N) is 3. The van der Waals surface area contributed by atoms with Gasteiger partial charge in [0.25, 0.3) is 5.91 Å². The van der Waals surface area contributed by atoms with E-state index in [4.69, 9.17) is 16.3 Å². The summed E-state index contributed by atoms with van der Waals surface area (Å²) in [5.74, 6) is 0.743. The van der Waals surface area contributed by atoms with E-state index in [1.165, 1.54) is 32.4 Å². The number of hydrogen-bond acceptors (Lipinski definition) is 4. The number of hydrogen-bond donors (Lipinski definition) is 0. The molecule has 1 atom stereocenters. The van der Waals surface area contributed by atoms with E-state index in [1.54, 1.807) is 6.07 Å². The summed E-state index contributed by atoms with van der Waals surface area (Å²) < 4.78 is 6.39. The van der Waals surface area contributed by atoms with E-state index >= 15 is 0 Å². The molecule has 0 saturated carbocycles. The molecule has 1 aromatic rings. The Kier molecular flexibility index (Phi) is 7.55. The lowest BCUT2D eigenvalue weighted by atomic mass is 9.99. The number of piperidine rings is 3. The highest BCUT2D eigenvalue weighted by Gasteiger charge is 2.30. The lowest BCUT2D eigenvalue weighted by Crippen LogP contribution is -2.51. The van der Waals surface area contributed by atoms with E-state index < -0.39 is 0 Å². The van der Waals surface area contributed by atoms with Gasteiger partial charge in [-0.15, -0.1) is 0 Å². The zero-order valence-electron chi connectivity index (χ0n) is 18.3. The lowest BCUT2D eigenvalue weighted by molar-refractivity contribution is 0.0432. The van der Waals surface area contributed by atoms with Crippen molar-refractivity contribution in [2.75, 3.05) is 45.8 Å². The highest BCUT2D eigenvalue weighted by molar-refractivity contribution is 6.30. The van der Waals surface area contributed by atoms with Crippen LogP contribution in [0.5, 0.6) is 5.75 Å². The van der Waals surface area contributed by atoms with Gasteiger partial charge in [0, 0.05) is 43.8 Å². The maximum absolute atomic E-state index is 13.1. The second-order valence-electron chi connectivity index (χ2n) is 9.04. The van der Waals surface area contributed by atoms with Crippen molar-refractivity contribution in [2.24, 2.45) is 0 Å². The summed E-state index contributed by atoms with van der Waals surface area (Å²) in [5.41, 5.74) is 0.662. The van der Waals surface area contributed by atoms with Crippen molar-refractivity contribution >= 4 is 17.5 Å². The van der Waals surface area contributed by atoms with Crippen LogP contribution in [0.4, 0.5) is 0 Å². The number of likely N-dealkylation sites (N-methyl/N-ethyl adjacent to an activating group) is 1. The molecule has 0 bridgehead atoms. The molecule has 3 aliphatic heterocycles. The Balaban J connectivity index is 1.37. The van der Waals surface area contributed by atoms with Crippen LogP contribution in [-0.4, -0.2) is 78.6 Å². The van der Waals surface area contributed by atoms with Crippen LogP contribution in [0.15, 0.2) is 18.2 Å². The maximum Gasteiger partial charge on any atom is 0.257 e. The molecular weight excluding hydrogens is 398 g/mol. The van der Waals surface area contributed by atoms with Crippen LogP contribution in [0.2, 0.25) is 5.02 Å². The number of ether oxygens (including phenoxy) is 1. The van der Waals surface area contributed by atoms with Gasteiger partial charge in [-0.2, -0.15) is 0 Å². The molecule has 0 aliphatic carbocycles. The standard InChI is InChI=1S/C24H36ClN3O2/c1-2-26-12-6-7-20(18-26)27-15-10-21(11-16-27)30-23-17-19(25)8-9-22(23)24(29)28-13-4-3-5-14-28/h8-9,17,20-21H,2-7,10-16,18H2,1H3/t20-/m1/s1. The van der Waals surface area contributed by atoms with Gasteiger partial charge < -0.3 is 14.5 Å². The predicted molar refractivity (Wildman–Crippen MR) is 122 cm³/mol. The minimum absolute atomic E-state index is 0.0839. The molecule has 4 rings (SSSR count). The summed E-state index contributed by atoms with van der Waals surface area (Å²) in [5, 5.41) is 0.625. The van der Waals surface area contributed by atoms with E-state index in [1.807, 2.05) is 17.0 Å². The first kappa shape index (κ1) is 21.9. The van der Waals surface area contributed by atoms with E-state index in [0.717, 1.165) is 58.4 Å². The van der Waals surface area contributed by atoms with E-state index in [-0.39, 0.29) is 12.0 Å². The normalized spacial score (nSPS) is 24.7. The van der Waals surface area contributed by atoms with Gasteiger partial charge in [0.05, 0.1) is 5.56 Å². The van der Waals surface area contributed by atoms with Gasteiger partial charge in [-0.1, -0.05) is 18.5 Å². The third-order valence-electron chi connectivity index (χ3n) is 7.03. The molecule has 6 heteroatoms. The average Bonchev–Trinajstić information content (AvgIpc) is 2.80. The Morgan fingerprint density at radius 2 is 1.80 bits per heavy atom. The molecule has 30 heavy (non-hydrogen) atoms. The molecule has 0 unspecified atom stereocenters. The number of benzene rings is 1. The van der Waals surface area contributed by atoms with Crippen LogP contribution < -0.4 is 4.74 Å². The molecule has 0 N–H and O–H groups in total. The van der Waals surface area contributed by atoms with E-state index in [0.29, 0.717) is 22.4 Å². The Labute approximate surface area is 186 Å². The molecule has 0 aromatic heterocycles. The van der Waals surface area contributed by atoms with Gasteiger partial charge in [0.1, 0.15) is 11.9 Å². The number of rotatable bonds is 5. The predicted octanol–water partition coefficient (Wildman–Crippen LogP) is 4.29. The third-order valence-corrected chi connectivity index (χ3v) is 7.27. The summed E-state index contributed by atoms with van der Waals surface area (Å²) in [7, 11) is 0. The second kappa shape index (κ2) is 10.3. The lowest BCUT2D eigenvalue weighted by Gasteiger charge is -2.42. The van der Waals surface area contributed by atoms with Crippen molar-refractivity contribution in [2.45, 2.75) is 64.0 Å². The first-order valence-corrected chi connectivity index (χ1v) is 12.2. The maximum atomic E-state index is 13.1. The molecule has 3 aliphatic rings. The summed E-state index contributed by atoms with van der Waals surface area (Å²) in [4.78, 5) is 20.3. The summed E-state index contributed by atoms with van der Waals surface area (Å²) in [6, 6.07) is 6.15. The van der Waals surface area contributed by atoms with Gasteiger partial charge in [0.2, 0.25) is 0 Å². The number of amides is 1. The van der Waals surface area contributed by atoms with Crippen LogP contribution in [0.3, 0.4) is 0 Å². The number of carbonyl (C=O) groups is 1. The number of likely N-dealkylation sites (tertiary alicyclic amines) is 3. The van der Waals surface area contributed by atoms with Crippen molar-refractivity contribution < 1.29 is 9.53 Å². The van der Waals surface area contributed by atoms with E-state index in [2.05, 4.69) is 16.7 Å². The topological polar surface area (TPSA) is 36.0 Å². The number of halogens is 1. The van der Waals surface area contributed by atoms with Gasteiger partial charge in [-0.25, -0.2) is 0 Å². The summed E-state index contributed by atoms with van der Waals surface area (Å²) >= 11 is 6.26. The highest BCUT2D eigenvalue weighted by Crippen LogP contribution is 2.29. The quantitative estimate of drug-likeness (QED) is 0.693. The summed E-state index contributed by atoms with van der Waals surface area (Å²) in [6.07, 6.45) is 8.17. The van der Waals surface area contributed by atoms with Crippen molar-refractivity contribution in [3.05, 3.63) is 28.8 Å².